The largest absolute Gasteiger partial charge is 0.487 e. The third-order valence-electron chi connectivity index (χ3n) is 6.99. The van der Waals surface area contributed by atoms with Gasteiger partial charge in [0.1, 0.15) is 22.6 Å². The van der Waals surface area contributed by atoms with Crippen LogP contribution in [0.25, 0.3) is 34.3 Å². The summed E-state index contributed by atoms with van der Waals surface area (Å²) >= 11 is 0. The zero-order valence-corrected chi connectivity index (χ0v) is 20.0. The van der Waals surface area contributed by atoms with Crippen molar-refractivity contribution in [2.24, 2.45) is 11.8 Å². The molecule has 3 atom stereocenters. The second-order valence-electron chi connectivity index (χ2n) is 9.57. The normalized spacial score (nSPS) is 21.5. The molecule has 3 heterocycles. The second-order valence-corrected chi connectivity index (χ2v) is 9.57. The number of halogens is 3. The Labute approximate surface area is 204 Å². The summed E-state index contributed by atoms with van der Waals surface area (Å²) in [5.41, 5.74) is -0.716. The van der Waals surface area contributed by atoms with E-state index in [1.54, 1.807) is 36.4 Å². The fraction of sp³-hybridized carbons (Fsp3) is 0.346. The van der Waals surface area contributed by atoms with Crippen molar-refractivity contribution < 1.29 is 32.1 Å². The van der Waals surface area contributed by atoms with Gasteiger partial charge in [0.2, 0.25) is 11.6 Å². The van der Waals surface area contributed by atoms with Crippen LogP contribution >= 0.6 is 0 Å². The van der Waals surface area contributed by atoms with Crippen LogP contribution in [-0.4, -0.2) is 26.0 Å². The van der Waals surface area contributed by atoms with Gasteiger partial charge in [0.05, 0.1) is 6.10 Å². The van der Waals surface area contributed by atoms with Crippen LogP contribution in [0.4, 0.5) is 13.2 Å². The Kier molecular flexibility index (Phi) is 5.66. The second kappa shape index (κ2) is 8.48. The number of aromatic nitrogens is 3. The van der Waals surface area contributed by atoms with Gasteiger partial charge in [0.15, 0.2) is 0 Å². The third-order valence-corrected chi connectivity index (χ3v) is 6.99. The van der Waals surface area contributed by atoms with Crippen LogP contribution < -0.4 is 4.74 Å². The molecule has 0 radical (unpaired) electrons. The predicted octanol–water partition coefficient (Wildman–Crippen LogP) is 6.55. The van der Waals surface area contributed by atoms with E-state index < -0.39 is 35.1 Å². The van der Waals surface area contributed by atoms with Crippen LogP contribution in [0, 0.1) is 11.8 Å². The van der Waals surface area contributed by atoms with E-state index >= 15 is 0 Å². The van der Waals surface area contributed by atoms with E-state index in [1.807, 2.05) is 27.7 Å². The highest BCUT2D eigenvalue weighted by Gasteiger charge is 2.43. The molecule has 0 bridgehead atoms. The topological polar surface area (TPSA) is 94.4 Å². The zero-order valence-electron chi connectivity index (χ0n) is 20.0. The summed E-state index contributed by atoms with van der Waals surface area (Å²) in [6.45, 7) is 7.88. The molecule has 7 nitrogen and oxygen atoms in total. The van der Waals surface area contributed by atoms with Gasteiger partial charge < -0.3 is 18.9 Å². The molecule has 1 aliphatic rings. The summed E-state index contributed by atoms with van der Waals surface area (Å²) in [5, 5.41) is 18.4. The molecule has 3 unspecified atom stereocenters. The number of aliphatic hydroxyl groups excluding tert-OH is 1. The highest BCUT2D eigenvalue weighted by atomic mass is 19.4. The Balaban J connectivity index is 1.55. The molecule has 0 saturated heterocycles. The summed E-state index contributed by atoms with van der Waals surface area (Å²) in [6, 6.07) is 12.9. The number of ether oxygens (including phenoxy) is 1. The number of fused-ring (bicyclic) bond motifs is 1. The van der Waals surface area contributed by atoms with Crippen molar-refractivity contribution in [1.82, 2.24) is 15.3 Å². The van der Waals surface area contributed by atoms with Crippen LogP contribution in [0.5, 0.6) is 5.75 Å². The first kappa shape index (κ1) is 24.1. The van der Waals surface area contributed by atoms with Gasteiger partial charge in [-0.15, -0.1) is 0 Å². The smallest absolute Gasteiger partial charge is 0.422 e. The van der Waals surface area contributed by atoms with Crippen molar-refractivity contribution in [2.45, 2.75) is 45.6 Å². The number of nitrogens with zero attached hydrogens (tertiary/aromatic N) is 3. The molecule has 4 aromatic rings. The highest BCUT2D eigenvalue weighted by Crippen LogP contribution is 2.46. The lowest BCUT2D eigenvalue weighted by molar-refractivity contribution is -0.136. The fourth-order valence-electron chi connectivity index (χ4n) is 4.50. The maximum absolute atomic E-state index is 14.0. The summed E-state index contributed by atoms with van der Waals surface area (Å²) < 4.78 is 58.5. The Bertz CT molecular complexity index is 1400. The van der Waals surface area contributed by atoms with Crippen molar-refractivity contribution in [1.29, 1.82) is 0 Å². The lowest BCUT2D eigenvalue weighted by Crippen LogP contribution is -2.38. The molecule has 1 aliphatic heterocycles. The van der Waals surface area contributed by atoms with E-state index in [1.165, 1.54) is 12.1 Å². The quantitative estimate of drug-likeness (QED) is 0.341. The Hall–Kier alpha value is -3.66. The molecule has 1 N–H and O–H groups in total. The third kappa shape index (κ3) is 4.05. The molecule has 0 spiro atoms. The van der Waals surface area contributed by atoms with Gasteiger partial charge in [0, 0.05) is 22.6 Å². The molecular weight excluding hydrogens is 475 g/mol. The molecule has 0 amide bonds. The lowest BCUT2D eigenvalue weighted by atomic mass is 9.79. The van der Waals surface area contributed by atoms with Crippen LogP contribution in [0.3, 0.4) is 0 Å². The Morgan fingerprint density at radius 3 is 2.36 bits per heavy atom. The number of hydrogen-bond donors (Lipinski definition) is 1. The first-order valence-corrected chi connectivity index (χ1v) is 11.4. The van der Waals surface area contributed by atoms with E-state index in [0.717, 1.165) is 0 Å². The predicted molar refractivity (Wildman–Crippen MR) is 124 cm³/mol. The molecule has 0 fully saturated rings. The number of benzene rings is 2. The summed E-state index contributed by atoms with van der Waals surface area (Å²) in [6.07, 6.45) is -5.52. The molecule has 0 aliphatic carbocycles. The van der Waals surface area contributed by atoms with Crippen molar-refractivity contribution in [3.8, 4) is 40.0 Å². The fourth-order valence-corrected chi connectivity index (χ4v) is 4.50. The maximum Gasteiger partial charge on any atom is 0.422 e. The van der Waals surface area contributed by atoms with E-state index in [9.17, 15) is 18.3 Å². The van der Waals surface area contributed by atoms with Crippen molar-refractivity contribution in [3.05, 3.63) is 59.7 Å². The molecule has 0 saturated carbocycles. The van der Waals surface area contributed by atoms with Gasteiger partial charge in [-0.3, -0.25) is 0 Å². The number of hydrogen-bond acceptors (Lipinski definition) is 7. The van der Waals surface area contributed by atoms with Crippen molar-refractivity contribution in [2.75, 3.05) is 0 Å². The van der Waals surface area contributed by atoms with Gasteiger partial charge in [-0.05, 0) is 25.8 Å². The minimum absolute atomic E-state index is 0.0415. The van der Waals surface area contributed by atoms with E-state index in [4.69, 9.17) is 13.8 Å². The van der Waals surface area contributed by atoms with E-state index in [-0.39, 0.29) is 28.9 Å². The first-order chi connectivity index (χ1) is 17.0. The molecule has 2 aromatic heterocycles. The first-order valence-electron chi connectivity index (χ1n) is 11.4. The summed E-state index contributed by atoms with van der Waals surface area (Å²) in [5.74, 6) is -0.633. The van der Waals surface area contributed by atoms with Crippen LogP contribution in [-0.2, 0) is 6.18 Å². The number of alkyl halides is 3. The SMILES string of the molecule is CC1C(O)c2ccc(-c3noc(-c4onc(-c5ccccc5)c4C(F)(F)F)n3)cc2OC(C)(C)C1C. The van der Waals surface area contributed by atoms with Gasteiger partial charge in [0.25, 0.3) is 5.89 Å². The zero-order chi connectivity index (χ0) is 25.8. The van der Waals surface area contributed by atoms with Crippen LogP contribution in [0.15, 0.2) is 57.6 Å². The average molecular weight is 499 g/mol. The monoisotopic (exact) mass is 499 g/mol. The number of rotatable bonds is 3. The number of aliphatic hydroxyl groups is 1. The maximum atomic E-state index is 14.0. The Morgan fingerprint density at radius 2 is 1.67 bits per heavy atom. The van der Waals surface area contributed by atoms with Crippen LogP contribution in [0.2, 0.25) is 0 Å². The van der Waals surface area contributed by atoms with Gasteiger partial charge in [-0.1, -0.05) is 66.6 Å². The standard InChI is InChI=1S/C26H24F3N3O4/c1-13-14(2)25(3,4)34-18-12-16(10-11-17(18)21(13)33)23-30-24(36-32-23)22-19(26(27,28)29)20(31-35-22)15-8-6-5-7-9-15/h5-14,21,33H,1-4H3. The highest BCUT2D eigenvalue weighted by molar-refractivity contribution is 5.71. The van der Waals surface area contributed by atoms with Gasteiger partial charge in [-0.25, -0.2) is 0 Å². The van der Waals surface area contributed by atoms with Crippen LogP contribution in [0.1, 0.15) is 44.9 Å². The summed E-state index contributed by atoms with van der Waals surface area (Å²) in [7, 11) is 0. The molecule has 2 aromatic carbocycles. The van der Waals surface area contributed by atoms with Crippen molar-refractivity contribution >= 4 is 0 Å². The molecule has 36 heavy (non-hydrogen) atoms. The molecule has 188 valence electrons. The Morgan fingerprint density at radius 1 is 0.944 bits per heavy atom. The van der Waals surface area contributed by atoms with Crippen molar-refractivity contribution in [3.63, 3.8) is 0 Å². The van der Waals surface area contributed by atoms with E-state index in [2.05, 4.69) is 15.3 Å². The molecular formula is C26H24F3N3O4. The molecule has 5 rings (SSSR count). The average Bonchev–Trinajstić information content (AvgIpc) is 3.49. The minimum Gasteiger partial charge on any atom is -0.487 e. The van der Waals surface area contributed by atoms with Gasteiger partial charge >= 0.3 is 6.18 Å². The summed E-state index contributed by atoms with van der Waals surface area (Å²) in [4.78, 5) is 4.16. The van der Waals surface area contributed by atoms with Gasteiger partial charge in [-0.2, -0.15) is 18.2 Å². The van der Waals surface area contributed by atoms with E-state index in [0.29, 0.717) is 16.9 Å². The lowest BCUT2D eigenvalue weighted by Gasteiger charge is -2.34. The minimum atomic E-state index is -4.78. The molecule has 10 heteroatoms.